The van der Waals surface area contributed by atoms with Crippen LogP contribution in [0.2, 0.25) is 0 Å². The molecule has 0 radical (unpaired) electrons. The zero-order valence-electron chi connectivity index (χ0n) is 13.5. The number of thioether (sulfide) groups is 1. The van der Waals surface area contributed by atoms with Crippen molar-refractivity contribution in [1.29, 1.82) is 0 Å². The van der Waals surface area contributed by atoms with Crippen LogP contribution in [0, 0.1) is 13.8 Å². The summed E-state index contributed by atoms with van der Waals surface area (Å²) in [6.45, 7) is 3.79. The van der Waals surface area contributed by atoms with E-state index in [-0.39, 0.29) is 5.91 Å². The van der Waals surface area contributed by atoms with Gasteiger partial charge in [-0.2, -0.15) is 4.99 Å². The maximum Gasteiger partial charge on any atom is 0.282 e. The Morgan fingerprint density at radius 1 is 1.46 bits per heavy atom. The van der Waals surface area contributed by atoms with Crippen molar-refractivity contribution in [2.24, 2.45) is 12.0 Å². The summed E-state index contributed by atoms with van der Waals surface area (Å²) in [7, 11) is 1.86. The second kappa shape index (κ2) is 7.14. The van der Waals surface area contributed by atoms with Crippen LogP contribution in [0.15, 0.2) is 44.4 Å². The Kier molecular flexibility index (Phi) is 4.96. The van der Waals surface area contributed by atoms with Gasteiger partial charge in [-0.1, -0.05) is 5.16 Å². The molecule has 0 bridgehead atoms. The van der Waals surface area contributed by atoms with Crippen LogP contribution in [0.1, 0.15) is 27.4 Å². The molecule has 3 heterocycles. The number of carbonyl (C=O) groups excluding carboxylic acids is 1. The molecule has 0 saturated heterocycles. The number of aryl methyl sites for hydroxylation is 3. The van der Waals surface area contributed by atoms with Gasteiger partial charge in [-0.15, -0.1) is 23.1 Å². The van der Waals surface area contributed by atoms with E-state index in [4.69, 9.17) is 4.52 Å². The maximum absolute atomic E-state index is 12.5. The third kappa shape index (κ3) is 3.49. The summed E-state index contributed by atoms with van der Waals surface area (Å²) in [4.78, 5) is 21.7. The Morgan fingerprint density at radius 2 is 2.29 bits per heavy atom. The molecule has 24 heavy (non-hydrogen) atoms. The molecule has 1 amide bonds. The van der Waals surface area contributed by atoms with Gasteiger partial charge in [-0.25, -0.2) is 4.98 Å². The maximum atomic E-state index is 12.5. The van der Waals surface area contributed by atoms with Crippen LogP contribution in [0.3, 0.4) is 0 Å². The number of aromatic nitrogens is 3. The normalized spacial score (nSPS) is 11.9. The molecule has 3 aromatic rings. The lowest BCUT2D eigenvalue weighted by Crippen LogP contribution is -2.13. The van der Waals surface area contributed by atoms with Gasteiger partial charge < -0.3 is 9.09 Å². The highest BCUT2D eigenvalue weighted by Crippen LogP contribution is 2.27. The van der Waals surface area contributed by atoms with Crippen molar-refractivity contribution in [1.82, 2.24) is 14.7 Å². The standard InChI is InChI=1S/C16H16N4O2S2/c1-10-13(11(2)22-19-10)9-24-15-12(5-4-6-17-15)14(21)18-16-20(3)7-8-23-16/h4-8H,9H2,1-3H3. The first-order valence-electron chi connectivity index (χ1n) is 7.25. The van der Waals surface area contributed by atoms with E-state index in [2.05, 4.69) is 15.1 Å². The van der Waals surface area contributed by atoms with E-state index in [1.165, 1.54) is 23.1 Å². The molecule has 6 nitrogen and oxygen atoms in total. The number of amides is 1. The van der Waals surface area contributed by atoms with Crippen LogP contribution < -0.4 is 4.80 Å². The minimum absolute atomic E-state index is 0.289. The van der Waals surface area contributed by atoms with E-state index in [1.807, 2.05) is 37.0 Å². The SMILES string of the molecule is Cc1noc(C)c1CSc1ncccc1C(=O)N=c1sccn1C. The molecule has 8 heteroatoms. The van der Waals surface area contributed by atoms with Gasteiger partial charge >= 0.3 is 0 Å². The lowest BCUT2D eigenvalue weighted by atomic mass is 10.2. The van der Waals surface area contributed by atoms with Crippen molar-refractivity contribution in [3.8, 4) is 0 Å². The Morgan fingerprint density at radius 3 is 2.96 bits per heavy atom. The molecule has 0 atom stereocenters. The van der Waals surface area contributed by atoms with E-state index in [0.29, 0.717) is 21.1 Å². The van der Waals surface area contributed by atoms with Crippen LogP contribution in [-0.2, 0) is 12.8 Å². The molecule has 0 aliphatic rings. The molecular formula is C16H16N4O2S2. The first-order valence-corrected chi connectivity index (χ1v) is 9.11. The fourth-order valence-corrected chi connectivity index (χ4v) is 3.97. The molecule has 3 rings (SSSR count). The van der Waals surface area contributed by atoms with Crippen LogP contribution in [0.25, 0.3) is 0 Å². The topological polar surface area (TPSA) is 73.3 Å². The number of carbonyl (C=O) groups is 1. The lowest BCUT2D eigenvalue weighted by Gasteiger charge is -2.05. The van der Waals surface area contributed by atoms with E-state index in [0.717, 1.165) is 17.0 Å². The highest BCUT2D eigenvalue weighted by Gasteiger charge is 2.15. The summed E-state index contributed by atoms with van der Waals surface area (Å²) in [6.07, 6.45) is 3.55. The zero-order valence-corrected chi connectivity index (χ0v) is 15.1. The number of rotatable bonds is 4. The van der Waals surface area contributed by atoms with Crippen molar-refractivity contribution >= 4 is 29.0 Å². The number of thiazole rings is 1. The third-order valence-electron chi connectivity index (χ3n) is 3.49. The molecule has 0 spiro atoms. The highest BCUT2D eigenvalue weighted by molar-refractivity contribution is 7.98. The molecule has 124 valence electrons. The van der Waals surface area contributed by atoms with E-state index >= 15 is 0 Å². The van der Waals surface area contributed by atoms with Gasteiger partial charge in [0.05, 0.1) is 11.3 Å². The Bertz CT molecular complexity index is 920. The molecule has 0 aromatic carbocycles. The third-order valence-corrected chi connectivity index (χ3v) is 5.37. The molecule has 0 fully saturated rings. The van der Waals surface area contributed by atoms with Crippen molar-refractivity contribution in [2.75, 3.05) is 0 Å². The second-order valence-corrected chi connectivity index (χ2v) is 7.00. The van der Waals surface area contributed by atoms with E-state index in [9.17, 15) is 4.79 Å². The Labute approximate surface area is 147 Å². The molecular weight excluding hydrogens is 344 g/mol. The van der Waals surface area contributed by atoms with E-state index in [1.54, 1.807) is 18.3 Å². The van der Waals surface area contributed by atoms with Crippen LogP contribution >= 0.6 is 23.1 Å². The fraction of sp³-hybridized carbons (Fsp3) is 0.250. The van der Waals surface area contributed by atoms with Gasteiger partial charge in [0.25, 0.3) is 5.91 Å². The number of pyridine rings is 1. The van der Waals surface area contributed by atoms with Gasteiger partial charge in [0, 0.05) is 36.1 Å². The average molecular weight is 360 g/mol. The largest absolute Gasteiger partial charge is 0.361 e. The van der Waals surface area contributed by atoms with Crippen LogP contribution in [-0.4, -0.2) is 20.6 Å². The quantitative estimate of drug-likeness (QED) is 0.668. The van der Waals surface area contributed by atoms with Crippen molar-refractivity contribution in [3.05, 3.63) is 57.3 Å². The summed E-state index contributed by atoms with van der Waals surface area (Å²) >= 11 is 2.90. The fourth-order valence-electron chi connectivity index (χ4n) is 2.10. The van der Waals surface area contributed by atoms with Gasteiger partial charge in [0.1, 0.15) is 10.8 Å². The smallest absolute Gasteiger partial charge is 0.282 e. The van der Waals surface area contributed by atoms with Gasteiger partial charge in [0.15, 0.2) is 4.80 Å². The van der Waals surface area contributed by atoms with Crippen molar-refractivity contribution in [2.45, 2.75) is 24.6 Å². The summed E-state index contributed by atoms with van der Waals surface area (Å²) in [5, 5.41) is 6.50. The lowest BCUT2D eigenvalue weighted by molar-refractivity contribution is 0.0994. The highest BCUT2D eigenvalue weighted by atomic mass is 32.2. The minimum atomic E-state index is -0.289. The molecule has 0 aliphatic heterocycles. The van der Waals surface area contributed by atoms with E-state index < -0.39 is 0 Å². The van der Waals surface area contributed by atoms with Gasteiger partial charge in [-0.3, -0.25) is 4.79 Å². The predicted octanol–water partition coefficient (Wildman–Crippen LogP) is 3.12. The summed E-state index contributed by atoms with van der Waals surface area (Å²) in [5.41, 5.74) is 2.40. The summed E-state index contributed by atoms with van der Waals surface area (Å²) in [5.74, 6) is 1.15. The Balaban J connectivity index is 1.86. The monoisotopic (exact) mass is 360 g/mol. The van der Waals surface area contributed by atoms with Crippen LogP contribution in [0.4, 0.5) is 0 Å². The molecule has 0 saturated carbocycles. The second-order valence-electron chi connectivity index (χ2n) is 5.16. The first-order chi connectivity index (χ1) is 11.6. The van der Waals surface area contributed by atoms with Crippen molar-refractivity contribution < 1.29 is 9.32 Å². The molecule has 3 aromatic heterocycles. The molecule has 0 N–H and O–H groups in total. The van der Waals surface area contributed by atoms with Crippen molar-refractivity contribution in [3.63, 3.8) is 0 Å². The minimum Gasteiger partial charge on any atom is -0.361 e. The number of nitrogens with zero attached hydrogens (tertiary/aromatic N) is 4. The van der Waals surface area contributed by atoms with Crippen LogP contribution in [0.5, 0.6) is 0 Å². The average Bonchev–Trinajstić information content (AvgIpc) is 3.12. The summed E-state index contributed by atoms with van der Waals surface area (Å²) in [6, 6.07) is 3.50. The Hall–Kier alpha value is -2.19. The first kappa shape index (κ1) is 16.7. The van der Waals surface area contributed by atoms with Gasteiger partial charge in [-0.05, 0) is 26.0 Å². The number of hydrogen-bond acceptors (Lipinski definition) is 6. The van der Waals surface area contributed by atoms with Gasteiger partial charge in [0.2, 0.25) is 0 Å². The predicted molar refractivity (Wildman–Crippen MR) is 93.0 cm³/mol. The zero-order chi connectivity index (χ0) is 17.1. The summed E-state index contributed by atoms with van der Waals surface area (Å²) < 4.78 is 6.99. The number of hydrogen-bond donors (Lipinski definition) is 0. The molecule has 0 unspecified atom stereocenters. The molecule has 0 aliphatic carbocycles.